The molecule has 7 N–H and O–H groups in total. The van der Waals surface area contributed by atoms with Crippen LogP contribution in [0.5, 0.6) is 11.5 Å². The minimum atomic E-state index is -2.72. The number of aliphatic carboxylic acids is 2. The number of nitrogens with two attached hydrogens (primary N) is 1. The van der Waals surface area contributed by atoms with Gasteiger partial charge >= 0.3 is 17.5 Å². The number of aromatic hydroxyl groups is 2. The van der Waals surface area contributed by atoms with Crippen molar-refractivity contribution in [2.24, 2.45) is 5.16 Å². The van der Waals surface area contributed by atoms with Crippen LogP contribution in [0.25, 0.3) is 5.65 Å². The van der Waals surface area contributed by atoms with Crippen LogP contribution in [0.3, 0.4) is 0 Å². The minimum absolute atomic E-state index is 0.0683. The van der Waals surface area contributed by atoms with Gasteiger partial charge in [-0.3, -0.25) is 14.5 Å². The lowest BCUT2D eigenvalue weighted by Gasteiger charge is -2.49. The summed E-state index contributed by atoms with van der Waals surface area (Å²) in [6.45, 7) is 0.450. The Morgan fingerprint density at radius 3 is 2.70 bits per heavy atom. The van der Waals surface area contributed by atoms with Crippen molar-refractivity contribution in [1.29, 1.82) is 0 Å². The van der Waals surface area contributed by atoms with Crippen molar-refractivity contribution >= 4 is 87.0 Å². The first kappa shape index (κ1) is 34.6. The SMILES string of the molecule is Nc1nc(C(O/N=C\C(=O)N[C@@H]2C(=O)N3C(C(=O)O)=C(/C=C/Cn4cc[n+]5ccccc45)CS[C@H]23)(C(=O)O)c2cc(Cl)c(O)c(O)c2Cl)cs1. The maximum absolute atomic E-state index is 13.1. The van der Waals surface area contributed by atoms with Gasteiger partial charge < -0.3 is 36.3 Å². The third-order valence-corrected chi connectivity index (χ3v) is 10.4. The molecule has 258 valence electrons. The summed E-state index contributed by atoms with van der Waals surface area (Å²) in [4.78, 5) is 61.5. The maximum atomic E-state index is 13.1. The van der Waals surface area contributed by atoms with Gasteiger partial charge in [0.25, 0.3) is 17.5 Å². The van der Waals surface area contributed by atoms with Gasteiger partial charge in [0, 0.05) is 22.8 Å². The highest BCUT2D eigenvalue weighted by molar-refractivity contribution is 8.00. The Kier molecular flexibility index (Phi) is 9.36. The number of carbonyl (C=O) groups is 4. The van der Waals surface area contributed by atoms with Crippen molar-refractivity contribution in [2.45, 2.75) is 23.6 Å². The number of phenolic OH excluding ortho intramolecular Hbond substituents is 2. The van der Waals surface area contributed by atoms with E-state index >= 15 is 0 Å². The number of rotatable bonds is 11. The lowest BCUT2D eigenvalue weighted by molar-refractivity contribution is -0.510. The molecule has 1 fully saturated rings. The number of halogens is 2. The number of thioether (sulfide) groups is 1. The fraction of sp³-hybridized carbons (Fsp3) is 0.167. The Labute approximate surface area is 299 Å². The average Bonchev–Trinajstić information content (AvgIpc) is 3.72. The molecule has 3 atom stereocenters. The average molecular weight is 762 g/mol. The fourth-order valence-corrected chi connectivity index (χ4v) is 7.83. The molecule has 1 saturated heterocycles. The van der Waals surface area contributed by atoms with Gasteiger partial charge in [-0.25, -0.2) is 23.5 Å². The van der Waals surface area contributed by atoms with Gasteiger partial charge in [-0.05, 0) is 23.8 Å². The van der Waals surface area contributed by atoms with Gasteiger partial charge in [-0.1, -0.05) is 40.5 Å². The molecule has 6 rings (SSSR count). The molecule has 0 radical (unpaired) electrons. The molecule has 3 aromatic heterocycles. The number of aromatic nitrogens is 3. The maximum Gasteiger partial charge on any atom is 0.362 e. The number of allylic oxidation sites excluding steroid dienone is 2. The molecule has 1 unspecified atom stereocenters. The number of oxime groups is 1. The quantitative estimate of drug-likeness (QED) is 0.0425. The van der Waals surface area contributed by atoms with Crippen molar-refractivity contribution in [1.82, 2.24) is 19.8 Å². The number of thiazole rings is 1. The topological polar surface area (TPSA) is 234 Å². The number of carbonyl (C=O) groups excluding carboxylic acids is 2. The van der Waals surface area contributed by atoms with E-state index in [4.69, 9.17) is 33.8 Å². The van der Waals surface area contributed by atoms with E-state index in [-0.39, 0.29) is 22.3 Å². The van der Waals surface area contributed by atoms with Gasteiger partial charge in [0.05, 0.1) is 16.2 Å². The molecule has 0 spiro atoms. The number of nitrogens with one attached hydrogen (secondary N) is 1. The van der Waals surface area contributed by atoms with Crippen LogP contribution < -0.4 is 15.5 Å². The first-order valence-corrected chi connectivity index (χ1v) is 16.9. The molecule has 5 heterocycles. The van der Waals surface area contributed by atoms with E-state index in [0.29, 0.717) is 18.3 Å². The van der Waals surface area contributed by atoms with Gasteiger partial charge in [0.15, 0.2) is 16.6 Å². The molecule has 2 amide bonds. The van der Waals surface area contributed by atoms with Crippen molar-refractivity contribution in [3.05, 3.63) is 93.0 Å². The highest BCUT2D eigenvalue weighted by atomic mass is 35.5. The van der Waals surface area contributed by atoms with Gasteiger partial charge in [-0.15, -0.1) is 23.1 Å². The van der Waals surface area contributed by atoms with E-state index in [0.717, 1.165) is 28.0 Å². The molecular formula is C30H24Cl2N7O9S2+. The fourth-order valence-electron chi connectivity index (χ4n) is 5.43. The van der Waals surface area contributed by atoms with Crippen molar-refractivity contribution < 1.29 is 48.8 Å². The molecule has 2 aliphatic rings. The number of hydrogen-bond donors (Lipinski definition) is 6. The summed E-state index contributed by atoms with van der Waals surface area (Å²) in [5.41, 5.74) is 3.29. The van der Waals surface area contributed by atoms with Crippen LogP contribution in [0.15, 0.2) is 76.8 Å². The normalized spacial score (nSPS) is 18.7. The summed E-state index contributed by atoms with van der Waals surface area (Å²) < 4.78 is 3.90. The molecule has 20 heteroatoms. The van der Waals surface area contributed by atoms with Gasteiger partial charge in [0.2, 0.25) is 0 Å². The summed E-state index contributed by atoms with van der Waals surface area (Å²) in [5, 5.41) is 45.8. The number of carboxylic acids is 2. The highest BCUT2D eigenvalue weighted by Crippen LogP contribution is 2.48. The zero-order chi connectivity index (χ0) is 35.9. The van der Waals surface area contributed by atoms with E-state index in [1.54, 1.807) is 12.2 Å². The Morgan fingerprint density at radius 1 is 1.22 bits per heavy atom. The number of nitrogens with zero attached hydrogens (tertiary/aromatic N) is 5. The highest BCUT2D eigenvalue weighted by Gasteiger charge is 2.54. The lowest BCUT2D eigenvalue weighted by atomic mass is 9.90. The zero-order valence-electron chi connectivity index (χ0n) is 25.1. The van der Waals surface area contributed by atoms with E-state index in [1.807, 2.05) is 45.8 Å². The monoisotopic (exact) mass is 760 g/mol. The number of imidazole rings is 1. The summed E-state index contributed by atoms with van der Waals surface area (Å²) in [6.07, 6.45) is 9.69. The summed E-state index contributed by atoms with van der Waals surface area (Å²) in [5.74, 6) is -6.27. The number of phenols is 2. The van der Waals surface area contributed by atoms with Crippen molar-refractivity contribution in [2.75, 3.05) is 11.5 Å². The summed E-state index contributed by atoms with van der Waals surface area (Å²) in [6, 6.07) is 5.53. The van der Waals surface area contributed by atoms with Crippen molar-refractivity contribution in [3.63, 3.8) is 0 Å². The van der Waals surface area contributed by atoms with Crippen LogP contribution in [0.1, 0.15) is 11.3 Å². The molecule has 1 aromatic carbocycles. The molecular weight excluding hydrogens is 737 g/mol. The second-order valence-electron chi connectivity index (χ2n) is 10.7. The minimum Gasteiger partial charge on any atom is -0.503 e. The number of fused-ring (bicyclic) bond motifs is 2. The molecule has 0 saturated carbocycles. The molecule has 16 nitrogen and oxygen atoms in total. The smallest absolute Gasteiger partial charge is 0.362 e. The number of β-lactam (4-membered cyclic amide) rings is 1. The van der Waals surface area contributed by atoms with Crippen LogP contribution in [0.2, 0.25) is 10.0 Å². The molecule has 2 aliphatic heterocycles. The van der Waals surface area contributed by atoms with E-state index in [1.165, 1.54) is 17.1 Å². The first-order chi connectivity index (χ1) is 23.8. The Bertz CT molecular complexity index is 2170. The number of carboxylic acid groups (broad SMARTS) is 2. The van der Waals surface area contributed by atoms with Crippen LogP contribution in [-0.2, 0) is 36.2 Å². The summed E-state index contributed by atoms with van der Waals surface area (Å²) in [7, 11) is 0. The van der Waals surface area contributed by atoms with E-state index in [2.05, 4.69) is 15.5 Å². The molecule has 0 aliphatic carbocycles. The van der Waals surface area contributed by atoms with Crippen LogP contribution in [0.4, 0.5) is 5.13 Å². The van der Waals surface area contributed by atoms with E-state index < -0.39 is 67.9 Å². The number of nitrogen functional groups attached to an aromatic ring is 1. The lowest BCUT2D eigenvalue weighted by Crippen LogP contribution is -2.70. The first-order valence-electron chi connectivity index (χ1n) is 14.2. The number of benzene rings is 1. The standard InChI is InChI=1S/C30H23Cl2N7O9S2/c31-16-10-15(20(32)24(42)23(16)41)30(28(46)47,17-13-50-29(33)35-17)48-34-11-18(40)36-21-25(43)39-22(27(44)45)14(12-49-26(21)39)4-3-7-38-9-8-37-6-2-1-5-19(37)38/h1-6,8-11,13,21,26H,7,12H2,(H6-,33,34,35,36,40,41,42,44,45,46,47)/p+1/b4-3+/t21-,26-,30?/m1/s1. The number of amides is 2. The number of pyridine rings is 1. The third-order valence-electron chi connectivity index (χ3n) is 7.78. The Hall–Kier alpha value is -5.30. The predicted molar refractivity (Wildman–Crippen MR) is 181 cm³/mol. The predicted octanol–water partition coefficient (Wildman–Crippen LogP) is 2.31. The Morgan fingerprint density at radius 2 is 2.00 bits per heavy atom. The number of anilines is 1. The number of hydrogen-bond acceptors (Lipinski definition) is 12. The van der Waals surface area contributed by atoms with Crippen molar-refractivity contribution in [3.8, 4) is 11.5 Å². The second-order valence-corrected chi connectivity index (χ2v) is 13.5. The zero-order valence-corrected chi connectivity index (χ0v) is 28.3. The molecule has 4 aromatic rings. The largest absolute Gasteiger partial charge is 0.503 e. The van der Waals surface area contributed by atoms with Crippen LogP contribution in [0, 0.1) is 0 Å². The van der Waals surface area contributed by atoms with Gasteiger partial charge in [0.1, 0.15) is 48.0 Å². The summed E-state index contributed by atoms with van der Waals surface area (Å²) >= 11 is 14.3. The second kappa shape index (κ2) is 13.5. The third kappa shape index (κ3) is 5.95. The van der Waals surface area contributed by atoms with Gasteiger partial charge in [-0.2, -0.15) is 0 Å². The molecule has 50 heavy (non-hydrogen) atoms. The van der Waals surface area contributed by atoms with Crippen LogP contribution in [-0.4, -0.2) is 82.0 Å². The Balaban J connectivity index is 1.18. The van der Waals surface area contributed by atoms with Crippen LogP contribution >= 0.6 is 46.3 Å². The molecule has 0 bridgehead atoms. The van der Waals surface area contributed by atoms with E-state index in [9.17, 15) is 39.6 Å².